The zero-order valence-electron chi connectivity index (χ0n) is 16.4. The lowest BCUT2D eigenvalue weighted by Crippen LogP contribution is -2.13. The van der Waals surface area contributed by atoms with Gasteiger partial charge in [0.25, 0.3) is 5.91 Å². The van der Waals surface area contributed by atoms with Crippen molar-refractivity contribution in [3.63, 3.8) is 0 Å². The lowest BCUT2D eigenvalue weighted by Gasteiger charge is -2.12. The number of nitrogens with zero attached hydrogens (tertiary/aromatic N) is 4. The second-order valence-corrected chi connectivity index (χ2v) is 6.60. The first-order valence-corrected chi connectivity index (χ1v) is 9.33. The summed E-state index contributed by atoms with van der Waals surface area (Å²) >= 11 is 0. The fourth-order valence-corrected chi connectivity index (χ4v) is 2.94. The Bertz CT molecular complexity index is 1340. The molecule has 0 radical (unpaired) electrons. The van der Waals surface area contributed by atoms with E-state index in [1.165, 1.54) is 49.1 Å². The molecule has 0 unspecified atom stereocenters. The first-order chi connectivity index (χ1) is 15.5. The van der Waals surface area contributed by atoms with E-state index < -0.39 is 17.5 Å². The van der Waals surface area contributed by atoms with Crippen LogP contribution >= 0.6 is 0 Å². The molecule has 3 aromatic heterocycles. The Morgan fingerprint density at radius 1 is 0.906 bits per heavy atom. The number of rotatable bonds is 5. The highest BCUT2D eigenvalue weighted by atomic mass is 19.1. The highest BCUT2D eigenvalue weighted by Gasteiger charge is 2.14. The normalized spacial score (nSPS) is 10.3. The van der Waals surface area contributed by atoms with Gasteiger partial charge in [0.1, 0.15) is 29.3 Å². The molecular weight excluding hydrogens is 414 g/mol. The van der Waals surface area contributed by atoms with Crippen molar-refractivity contribution in [3.8, 4) is 17.2 Å². The van der Waals surface area contributed by atoms with Gasteiger partial charge in [0, 0.05) is 41.3 Å². The lowest BCUT2D eigenvalue weighted by molar-refractivity contribution is 0.102. The SMILES string of the molecule is N#Cc1ccc(Nc2cc(C(=O)Nc3cnccc3-c3ccc(F)cc3F)ccn2)nc1. The lowest BCUT2D eigenvalue weighted by atomic mass is 10.0. The third-order valence-corrected chi connectivity index (χ3v) is 4.46. The molecule has 0 aliphatic heterocycles. The van der Waals surface area contributed by atoms with Crippen molar-refractivity contribution in [3.05, 3.63) is 96.1 Å². The molecule has 0 bridgehead atoms. The third kappa shape index (κ3) is 4.55. The Hall–Kier alpha value is -4.71. The number of anilines is 3. The van der Waals surface area contributed by atoms with Gasteiger partial charge in [-0.1, -0.05) is 0 Å². The van der Waals surface area contributed by atoms with Gasteiger partial charge in [0.05, 0.1) is 17.4 Å². The minimum Gasteiger partial charge on any atom is -0.325 e. The largest absolute Gasteiger partial charge is 0.325 e. The van der Waals surface area contributed by atoms with Gasteiger partial charge in [-0.3, -0.25) is 9.78 Å². The Balaban J connectivity index is 1.56. The molecule has 0 saturated carbocycles. The van der Waals surface area contributed by atoms with Gasteiger partial charge >= 0.3 is 0 Å². The van der Waals surface area contributed by atoms with Gasteiger partial charge in [-0.25, -0.2) is 18.7 Å². The van der Waals surface area contributed by atoms with E-state index in [9.17, 15) is 13.6 Å². The third-order valence-electron chi connectivity index (χ3n) is 4.46. The summed E-state index contributed by atoms with van der Waals surface area (Å²) in [6.07, 6.45) is 5.70. The number of pyridine rings is 3. The standard InChI is InChI=1S/C23H14F2N6O/c24-16-2-3-17(19(25)10-16)18-6-7-27-13-20(18)30-23(32)15-5-8-28-22(9-15)31-21-4-1-14(11-26)12-29-21/h1-10,12-13H,(H,30,32)(H,28,29,31). The van der Waals surface area contributed by atoms with Crippen LogP contribution in [-0.2, 0) is 0 Å². The van der Waals surface area contributed by atoms with Crippen LogP contribution in [0.25, 0.3) is 11.1 Å². The van der Waals surface area contributed by atoms with E-state index in [4.69, 9.17) is 5.26 Å². The van der Waals surface area contributed by atoms with Gasteiger partial charge in [-0.05, 0) is 42.5 Å². The molecule has 0 fully saturated rings. The number of nitrogens with one attached hydrogen (secondary N) is 2. The zero-order chi connectivity index (χ0) is 22.5. The minimum absolute atomic E-state index is 0.132. The highest BCUT2D eigenvalue weighted by Crippen LogP contribution is 2.30. The Morgan fingerprint density at radius 2 is 1.78 bits per heavy atom. The van der Waals surface area contributed by atoms with Crippen molar-refractivity contribution < 1.29 is 13.6 Å². The molecule has 9 heteroatoms. The van der Waals surface area contributed by atoms with Crippen molar-refractivity contribution >= 4 is 23.2 Å². The Labute approximate surface area is 181 Å². The molecule has 1 aromatic carbocycles. The van der Waals surface area contributed by atoms with E-state index in [2.05, 4.69) is 25.6 Å². The Morgan fingerprint density at radius 3 is 2.53 bits per heavy atom. The summed E-state index contributed by atoms with van der Waals surface area (Å²) in [7, 11) is 0. The quantitative estimate of drug-likeness (QED) is 0.478. The van der Waals surface area contributed by atoms with Gasteiger partial charge in [0.15, 0.2) is 0 Å². The first kappa shape index (κ1) is 20.6. The van der Waals surface area contributed by atoms with E-state index in [0.29, 0.717) is 22.8 Å². The van der Waals surface area contributed by atoms with Crippen LogP contribution in [-0.4, -0.2) is 20.9 Å². The molecule has 4 aromatic rings. The summed E-state index contributed by atoms with van der Waals surface area (Å²) in [6.45, 7) is 0. The molecule has 3 heterocycles. The van der Waals surface area contributed by atoms with Crippen LogP contribution < -0.4 is 10.6 Å². The smallest absolute Gasteiger partial charge is 0.255 e. The number of aromatic nitrogens is 3. The number of halogens is 2. The van der Waals surface area contributed by atoms with Crippen molar-refractivity contribution in [2.24, 2.45) is 0 Å². The van der Waals surface area contributed by atoms with Gasteiger partial charge in [-0.2, -0.15) is 5.26 Å². The zero-order valence-corrected chi connectivity index (χ0v) is 16.4. The molecule has 0 spiro atoms. The number of hydrogen-bond acceptors (Lipinski definition) is 6. The molecule has 0 saturated heterocycles. The summed E-state index contributed by atoms with van der Waals surface area (Å²) in [5.74, 6) is -1.10. The first-order valence-electron chi connectivity index (χ1n) is 9.33. The van der Waals surface area contributed by atoms with Crippen molar-refractivity contribution in [2.45, 2.75) is 0 Å². The number of hydrogen-bond donors (Lipinski definition) is 2. The summed E-state index contributed by atoms with van der Waals surface area (Å²) in [4.78, 5) is 25.1. The molecule has 32 heavy (non-hydrogen) atoms. The monoisotopic (exact) mass is 428 g/mol. The maximum Gasteiger partial charge on any atom is 0.255 e. The second-order valence-electron chi connectivity index (χ2n) is 6.60. The number of benzene rings is 1. The average molecular weight is 428 g/mol. The van der Waals surface area contributed by atoms with Crippen LogP contribution in [0.1, 0.15) is 15.9 Å². The average Bonchev–Trinajstić information content (AvgIpc) is 2.80. The number of nitriles is 1. The van der Waals surface area contributed by atoms with Crippen molar-refractivity contribution in [1.29, 1.82) is 5.26 Å². The number of amides is 1. The summed E-state index contributed by atoms with van der Waals surface area (Å²) in [6, 6.07) is 13.0. The van der Waals surface area contributed by atoms with E-state index in [1.807, 2.05) is 6.07 Å². The minimum atomic E-state index is -0.753. The van der Waals surface area contributed by atoms with Gasteiger partial charge in [0.2, 0.25) is 0 Å². The summed E-state index contributed by atoms with van der Waals surface area (Å²) < 4.78 is 27.5. The van der Waals surface area contributed by atoms with Crippen LogP contribution in [0, 0.1) is 23.0 Å². The van der Waals surface area contributed by atoms with E-state index >= 15 is 0 Å². The molecule has 0 aliphatic rings. The molecular formula is C23H14F2N6O. The van der Waals surface area contributed by atoms with E-state index in [1.54, 1.807) is 12.1 Å². The summed E-state index contributed by atoms with van der Waals surface area (Å²) in [5.41, 5.74) is 1.46. The van der Waals surface area contributed by atoms with Crippen LogP contribution in [0.3, 0.4) is 0 Å². The van der Waals surface area contributed by atoms with Crippen molar-refractivity contribution in [2.75, 3.05) is 10.6 Å². The van der Waals surface area contributed by atoms with E-state index in [0.717, 1.165) is 12.1 Å². The van der Waals surface area contributed by atoms with Crippen molar-refractivity contribution in [1.82, 2.24) is 15.0 Å². The molecule has 1 amide bonds. The molecule has 7 nitrogen and oxygen atoms in total. The Kier molecular flexibility index (Phi) is 5.76. The number of carbonyl (C=O) groups excluding carboxylic acids is 1. The molecule has 0 aliphatic carbocycles. The van der Waals surface area contributed by atoms with Crippen LogP contribution in [0.15, 0.2) is 73.3 Å². The summed E-state index contributed by atoms with van der Waals surface area (Å²) in [5, 5.41) is 14.5. The van der Waals surface area contributed by atoms with Gasteiger partial charge < -0.3 is 10.6 Å². The number of carbonyl (C=O) groups is 1. The molecule has 156 valence electrons. The predicted octanol–water partition coefficient (Wildman–Crippen LogP) is 4.68. The predicted molar refractivity (Wildman–Crippen MR) is 114 cm³/mol. The van der Waals surface area contributed by atoms with Crippen LogP contribution in [0.5, 0.6) is 0 Å². The fraction of sp³-hybridized carbons (Fsp3) is 0. The molecule has 4 rings (SSSR count). The fourth-order valence-electron chi connectivity index (χ4n) is 2.94. The van der Waals surface area contributed by atoms with Gasteiger partial charge in [-0.15, -0.1) is 0 Å². The van der Waals surface area contributed by atoms with E-state index in [-0.39, 0.29) is 16.8 Å². The van der Waals surface area contributed by atoms with Crippen LogP contribution in [0.4, 0.5) is 26.1 Å². The second kappa shape index (κ2) is 8.97. The molecule has 0 atom stereocenters. The topological polar surface area (TPSA) is 104 Å². The van der Waals surface area contributed by atoms with Crippen LogP contribution in [0.2, 0.25) is 0 Å². The maximum atomic E-state index is 14.3. The highest BCUT2D eigenvalue weighted by molar-refractivity contribution is 6.06. The molecule has 2 N–H and O–H groups in total. The maximum absolute atomic E-state index is 14.3.